The second kappa shape index (κ2) is 8.68. The Balaban J connectivity index is 1.67. The number of fused-ring (bicyclic) bond motifs is 1. The molecule has 9 heteroatoms. The molecule has 1 fully saturated rings. The Hall–Kier alpha value is -2.91. The molecule has 0 heterocycles. The third-order valence-corrected chi connectivity index (χ3v) is 7.25. The Morgan fingerprint density at radius 3 is 2.55 bits per heavy atom. The molecular weight excluding hydrogens is 438 g/mol. The minimum Gasteiger partial charge on any atom is -0.506 e. The maximum Gasteiger partial charge on any atom is 0.313 e. The fraction of sp³-hybridized carbons (Fsp3) is 0.227. The van der Waals surface area contributed by atoms with Gasteiger partial charge in [0.05, 0.1) is 27.8 Å². The van der Waals surface area contributed by atoms with Crippen LogP contribution in [0.1, 0.15) is 12.8 Å². The van der Waals surface area contributed by atoms with Crippen molar-refractivity contribution in [2.24, 2.45) is 5.92 Å². The number of carboxylic acids is 1. The second-order valence-electron chi connectivity index (χ2n) is 7.33. The first kappa shape index (κ1) is 21.3. The van der Waals surface area contributed by atoms with Gasteiger partial charge in [0.2, 0.25) is 0 Å². The number of hydrogen-bond acceptors (Lipinski definition) is 6. The summed E-state index contributed by atoms with van der Waals surface area (Å²) in [7, 11) is -3.95. The number of ether oxygens (including phenoxy) is 1. The van der Waals surface area contributed by atoms with Gasteiger partial charge in [-0.2, -0.15) is 0 Å². The van der Waals surface area contributed by atoms with Gasteiger partial charge in [-0.25, -0.2) is 8.42 Å². The third kappa shape index (κ3) is 5.05. The lowest BCUT2D eigenvalue weighted by molar-refractivity contribution is -0.133. The molecule has 0 aliphatic heterocycles. The topological polar surface area (TPSA) is 113 Å². The maximum atomic E-state index is 13.1. The van der Waals surface area contributed by atoms with Crippen LogP contribution in [0.15, 0.2) is 64.4 Å². The van der Waals surface area contributed by atoms with E-state index in [1.807, 2.05) is 0 Å². The molecule has 1 aliphatic rings. The number of carbonyl (C=O) groups is 1. The van der Waals surface area contributed by atoms with E-state index in [0.29, 0.717) is 29.0 Å². The van der Waals surface area contributed by atoms with Crippen LogP contribution in [0.5, 0.6) is 11.5 Å². The smallest absolute Gasteiger partial charge is 0.313 e. The number of thioether (sulfide) groups is 1. The fourth-order valence-electron chi connectivity index (χ4n) is 3.10. The molecule has 0 unspecified atom stereocenters. The summed E-state index contributed by atoms with van der Waals surface area (Å²) in [5, 5.41) is 20.4. The number of nitrogens with one attached hydrogen (secondary N) is 1. The van der Waals surface area contributed by atoms with Crippen molar-refractivity contribution in [1.29, 1.82) is 0 Å². The molecular formula is C22H21NO6S2. The van der Waals surface area contributed by atoms with Crippen LogP contribution >= 0.6 is 11.8 Å². The van der Waals surface area contributed by atoms with Gasteiger partial charge >= 0.3 is 5.97 Å². The van der Waals surface area contributed by atoms with Crippen molar-refractivity contribution in [1.82, 2.24) is 0 Å². The summed E-state index contributed by atoms with van der Waals surface area (Å²) >= 11 is 0.919. The number of anilines is 1. The van der Waals surface area contributed by atoms with Crippen LogP contribution in [0.25, 0.3) is 10.8 Å². The molecule has 1 saturated carbocycles. The quantitative estimate of drug-likeness (QED) is 0.323. The number of rotatable bonds is 9. The lowest BCUT2D eigenvalue weighted by Gasteiger charge is -2.15. The maximum absolute atomic E-state index is 13.1. The van der Waals surface area contributed by atoms with E-state index in [0.717, 1.165) is 24.6 Å². The largest absolute Gasteiger partial charge is 0.506 e. The highest BCUT2D eigenvalue weighted by Crippen LogP contribution is 2.40. The molecule has 3 N–H and O–H groups in total. The van der Waals surface area contributed by atoms with Gasteiger partial charge in [0.1, 0.15) is 11.5 Å². The molecule has 3 aromatic rings. The molecule has 0 radical (unpaired) electrons. The Bertz CT molecular complexity index is 1240. The fourth-order valence-corrected chi connectivity index (χ4v) is 4.93. The van der Waals surface area contributed by atoms with Gasteiger partial charge < -0.3 is 14.9 Å². The number of aliphatic carboxylic acids is 1. The van der Waals surface area contributed by atoms with E-state index < -0.39 is 16.0 Å². The van der Waals surface area contributed by atoms with Crippen molar-refractivity contribution in [3.8, 4) is 11.5 Å². The first-order valence-corrected chi connectivity index (χ1v) is 12.2. The Labute approximate surface area is 184 Å². The second-order valence-corrected chi connectivity index (χ2v) is 10.0. The van der Waals surface area contributed by atoms with Crippen molar-refractivity contribution in [3.63, 3.8) is 0 Å². The summed E-state index contributed by atoms with van der Waals surface area (Å²) in [4.78, 5) is 11.3. The minimum absolute atomic E-state index is 0.0534. The van der Waals surface area contributed by atoms with Gasteiger partial charge in [0.15, 0.2) is 0 Å². The first-order chi connectivity index (χ1) is 14.8. The molecule has 0 atom stereocenters. The lowest BCUT2D eigenvalue weighted by atomic mass is 10.1. The van der Waals surface area contributed by atoms with Gasteiger partial charge in [0.25, 0.3) is 10.0 Å². The molecule has 0 bridgehead atoms. The summed E-state index contributed by atoms with van der Waals surface area (Å²) < 4.78 is 34.4. The number of benzene rings is 3. The van der Waals surface area contributed by atoms with E-state index in [2.05, 4.69) is 4.72 Å². The Morgan fingerprint density at radius 1 is 1.10 bits per heavy atom. The molecule has 4 rings (SSSR count). The summed E-state index contributed by atoms with van der Waals surface area (Å²) in [6.07, 6.45) is 2.27. The van der Waals surface area contributed by atoms with Crippen LogP contribution in [0.2, 0.25) is 0 Å². The zero-order valence-electron chi connectivity index (χ0n) is 16.4. The molecule has 0 spiro atoms. The van der Waals surface area contributed by atoms with Crippen LogP contribution in [0, 0.1) is 5.92 Å². The van der Waals surface area contributed by atoms with E-state index in [4.69, 9.17) is 9.84 Å². The van der Waals surface area contributed by atoms with Crippen LogP contribution in [0.3, 0.4) is 0 Å². The van der Waals surface area contributed by atoms with Crippen LogP contribution < -0.4 is 9.46 Å². The van der Waals surface area contributed by atoms with E-state index in [9.17, 15) is 18.3 Å². The molecule has 162 valence electrons. The van der Waals surface area contributed by atoms with Gasteiger partial charge in [0, 0.05) is 16.8 Å². The number of phenols is 1. The van der Waals surface area contributed by atoms with Gasteiger partial charge in [-0.1, -0.05) is 30.3 Å². The van der Waals surface area contributed by atoms with E-state index in [1.54, 1.807) is 36.4 Å². The number of sulfonamides is 1. The highest BCUT2D eigenvalue weighted by molar-refractivity contribution is 8.00. The summed E-state index contributed by atoms with van der Waals surface area (Å²) in [5.41, 5.74) is 0.255. The predicted molar refractivity (Wildman–Crippen MR) is 119 cm³/mol. The number of phenolic OH excluding ortho intramolecular Hbond substituents is 1. The average molecular weight is 460 g/mol. The van der Waals surface area contributed by atoms with Crippen LogP contribution in [-0.4, -0.2) is 37.0 Å². The highest BCUT2D eigenvalue weighted by atomic mass is 32.2. The Morgan fingerprint density at radius 2 is 1.84 bits per heavy atom. The van der Waals surface area contributed by atoms with Crippen molar-refractivity contribution >= 4 is 44.2 Å². The van der Waals surface area contributed by atoms with Gasteiger partial charge in [-0.15, -0.1) is 11.8 Å². The zero-order valence-corrected chi connectivity index (χ0v) is 18.1. The molecule has 3 aromatic carbocycles. The number of aromatic hydroxyl groups is 1. The number of hydrogen-bond donors (Lipinski definition) is 3. The molecule has 0 saturated heterocycles. The van der Waals surface area contributed by atoms with Crippen molar-refractivity contribution in [2.75, 3.05) is 17.1 Å². The van der Waals surface area contributed by atoms with Crippen molar-refractivity contribution in [3.05, 3.63) is 54.6 Å². The monoisotopic (exact) mass is 459 g/mol. The molecule has 31 heavy (non-hydrogen) atoms. The van der Waals surface area contributed by atoms with E-state index in [1.165, 1.54) is 18.2 Å². The number of carboxylic acid groups (broad SMARTS) is 1. The zero-order chi connectivity index (χ0) is 22.0. The van der Waals surface area contributed by atoms with Crippen LogP contribution in [-0.2, 0) is 14.8 Å². The van der Waals surface area contributed by atoms with Gasteiger partial charge in [-0.05, 0) is 37.0 Å². The molecule has 7 nitrogen and oxygen atoms in total. The molecule has 0 amide bonds. The summed E-state index contributed by atoms with van der Waals surface area (Å²) in [6, 6.07) is 14.5. The van der Waals surface area contributed by atoms with E-state index >= 15 is 0 Å². The Kier molecular flexibility index (Phi) is 5.97. The lowest BCUT2D eigenvalue weighted by Crippen LogP contribution is -2.13. The molecule has 0 aromatic heterocycles. The van der Waals surface area contributed by atoms with Crippen LogP contribution in [0.4, 0.5) is 5.69 Å². The SMILES string of the molecule is O=C(O)CSc1cc(NS(=O)(=O)c2cccc(OCC3CC3)c2)c2ccccc2c1O. The summed E-state index contributed by atoms with van der Waals surface area (Å²) in [6.45, 7) is 0.573. The molecule has 1 aliphatic carbocycles. The predicted octanol–water partition coefficient (Wildman–Crippen LogP) is 4.31. The third-order valence-electron chi connectivity index (χ3n) is 4.88. The van der Waals surface area contributed by atoms with Crippen molar-refractivity contribution in [2.45, 2.75) is 22.6 Å². The standard InChI is InChI=1S/C22H21NO6S2/c24-21(25)13-30-20-11-19(17-6-1-2-7-18(17)22(20)26)23-31(27,28)16-5-3-4-15(10-16)29-12-14-8-9-14/h1-7,10-11,14,23,26H,8-9,12-13H2,(H,24,25). The van der Waals surface area contributed by atoms with Gasteiger partial charge in [-0.3, -0.25) is 9.52 Å². The average Bonchev–Trinajstić information content (AvgIpc) is 3.58. The minimum atomic E-state index is -3.95. The highest BCUT2D eigenvalue weighted by Gasteiger charge is 2.23. The van der Waals surface area contributed by atoms with Crippen molar-refractivity contribution < 1.29 is 28.2 Å². The summed E-state index contributed by atoms with van der Waals surface area (Å²) in [5.74, 6) is -0.354. The normalized spacial score (nSPS) is 13.8. The first-order valence-electron chi connectivity index (χ1n) is 9.68. The van der Waals surface area contributed by atoms with E-state index in [-0.39, 0.29) is 27.0 Å².